The van der Waals surface area contributed by atoms with Gasteiger partial charge in [0, 0.05) is 24.5 Å². The van der Waals surface area contributed by atoms with Crippen molar-refractivity contribution in [2.45, 2.75) is 37.8 Å². The minimum absolute atomic E-state index is 0.286. The van der Waals surface area contributed by atoms with E-state index in [9.17, 15) is 5.26 Å². The molecule has 1 aromatic carbocycles. The van der Waals surface area contributed by atoms with Crippen molar-refractivity contribution in [1.82, 2.24) is 9.55 Å². The molecular weight excluding hydrogens is 260 g/mol. The molecule has 2 unspecified atom stereocenters. The Labute approximate surface area is 125 Å². The Morgan fingerprint density at radius 1 is 1.38 bits per heavy atom. The fourth-order valence-electron chi connectivity index (χ4n) is 3.28. The average molecular weight is 280 g/mol. The van der Waals surface area contributed by atoms with Crippen LogP contribution in [0.3, 0.4) is 0 Å². The summed E-state index contributed by atoms with van der Waals surface area (Å²) >= 11 is 0. The molecule has 4 heteroatoms. The van der Waals surface area contributed by atoms with Crippen molar-refractivity contribution >= 4 is 0 Å². The van der Waals surface area contributed by atoms with E-state index in [1.807, 2.05) is 30.6 Å². The second-order valence-electron chi connectivity index (χ2n) is 5.84. The van der Waals surface area contributed by atoms with Gasteiger partial charge in [-0.25, -0.2) is 4.98 Å². The molecule has 1 aliphatic carbocycles. The van der Waals surface area contributed by atoms with Crippen LogP contribution in [0, 0.1) is 17.2 Å². The Hall–Kier alpha value is -2.12. The largest absolute Gasteiger partial charge is 0.331 e. The van der Waals surface area contributed by atoms with Gasteiger partial charge in [0.25, 0.3) is 0 Å². The van der Waals surface area contributed by atoms with Crippen molar-refractivity contribution < 1.29 is 0 Å². The van der Waals surface area contributed by atoms with Crippen molar-refractivity contribution in [2.24, 2.45) is 11.7 Å². The summed E-state index contributed by atoms with van der Waals surface area (Å²) in [5, 5.41) is 9.29. The second kappa shape index (κ2) is 5.71. The van der Waals surface area contributed by atoms with Crippen LogP contribution in [0.2, 0.25) is 0 Å². The Bertz CT molecular complexity index is 640. The topological polar surface area (TPSA) is 67.6 Å². The van der Waals surface area contributed by atoms with Crippen molar-refractivity contribution in [3.63, 3.8) is 0 Å². The molecule has 0 radical (unpaired) electrons. The molecule has 2 N–H and O–H groups in total. The summed E-state index contributed by atoms with van der Waals surface area (Å²) in [5.74, 6) is 1.27. The Morgan fingerprint density at radius 3 is 2.95 bits per heavy atom. The Balaban J connectivity index is 1.73. The van der Waals surface area contributed by atoms with Crippen LogP contribution in [0.15, 0.2) is 42.7 Å². The number of benzene rings is 1. The number of hydrogen-bond acceptors (Lipinski definition) is 3. The van der Waals surface area contributed by atoms with E-state index in [1.165, 1.54) is 0 Å². The summed E-state index contributed by atoms with van der Waals surface area (Å²) in [6.45, 7) is 0.857. The molecular formula is C17H20N4. The lowest BCUT2D eigenvalue weighted by Crippen LogP contribution is -2.42. The highest BCUT2D eigenvalue weighted by molar-refractivity contribution is 5.55. The molecule has 1 aromatic heterocycles. The number of nitrogens with two attached hydrogens (primary N) is 1. The first-order chi connectivity index (χ1) is 10.2. The average Bonchev–Trinajstić information content (AvgIpc) is 3.13. The summed E-state index contributed by atoms with van der Waals surface area (Å²) in [5.41, 5.74) is 6.69. The Morgan fingerprint density at radius 2 is 2.19 bits per heavy atom. The zero-order valence-electron chi connectivity index (χ0n) is 12.1. The lowest BCUT2D eigenvalue weighted by Gasteiger charge is -2.24. The van der Waals surface area contributed by atoms with E-state index >= 15 is 0 Å². The predicted octanol–water partition coefficient (Wildman–Crippen LogP) is 2.96. The molecule has 0 saturated heterocycles. The van der Waals surface area contributed by atoms with Crippen LogP contribution in [0.1, 0.15) is 25.7 Å². The van der Waals surface area contributed by atoms with Crippen LogP contribution < -0.4 is 5.73 Å². The van der Waals surface area contributed by atoms with Crippen LogP contribution in [-0.4, -0.2) is 15.1 Å². The maximum absolute atomic E-state index is 9.29. The molecule has 108 valence electrons. The normalized spacial score (nSPS) is 24.9. The molecule has 1 aliphatic rings. The molecule has 0 amide bonds. The molecule has 1 fully saturated rings. The van der Waals surface area contributed by atoms with Crippen LogP contribution in [0.25, 0.3) is 11.4 Å². The third-order valence-electron chi connectivity index (χ3n) is 4.55. The predicted molar refractivity (Wildman–Crippen MR) is 82.2 cm³/mol. The molecule has 2 atom stereocenters. The molecule has 2 aromatic rings. The third-order valence-corrected chi connectivity index (χ3v) is 4.55. The molecule has 0 spiro atoms. The van der Waals surface area contributed by atoms with Crippen LogP contribution in [0.4, 0.5) is 0 Å². The molecule has 3 rings (SSSR count). The minimum atomic E-state index is -0.631. The number of imidazole rings is 1. The maximum atomic E-state index is 9.29. The Kier molecular flexibility index (Phi) is 3.76. The SMILES string of the molecule is N#CC1(N)CCCC1CCn1ccnc1-c1ccccc1. The first-order valence-corrected chi connectivity index (χ1v) is 7.49. The van der Waals surface area contributed by atoms with Crippen molar-refractivity contribution in [3.8, 4) is 17.5 Å². The van der Waals surface area contributed by atoms with E-state index in [1.54, 1.807) is 0 Å². The van der Waals surface area contributed by atoms with Crippen LogP contribution in [0.5, 0.6) is 0 Å². The van der Waals surface area contributed by atoms with Crippen molar-refractivity contribution in [3.05, 3.63) is 42.7 Å². The van der Waals surface area contributed by atoms with E-state index < -0.39 is 5.54 Å². The zero-order chi connectivity index (χ0) is 14.7. The van der Waals surface area contributed by atoms with E-state index in [-0.39, 0.29) is 5.92 Å². The number of nitrogens with zero attached hydrogens (tertiary/aromatic N) is 3. The van der Waals surface area contributed by atoms with Gasteiger partial charge in [-0.2, -0.15) is 5.26 Å². The molecule has 4 nitrogen and oxygen atoms in total. The minimum Gasteiger partial charge on any atom is -0.331 e. The summed E-state index contributed by atoms with van der Waals surface area (Å²) in [6, 6.07) is 12.5. The summed E-state index contributed by atoms with van der Waals surface area (Å²) in [4.78, 5) is 4.45. The number of aromatic nitrogens is 2. The first kappa shape index (κ1) is 13.8. The van der Waals surface area contributed by atoms with Gasteiger partial charge >= 0.3 is 0 Å². The van der Waals surface area contributed by atoms with Gasteiger partial charge < -0.3 is 10.3 Å². The maximum Gasteiger partial charge on any atom is 0.139 e. The number of nitriles is 1. The van der Waals surface area contributed by atoms with Crippen LogP contribution >= 0.6 is 0 Å². The summed E-state index contributed by atoms with van der Waals surface area (Å²) in [6.07, 6.45) is 7.70. The van der Waals surface area contributed by atoms with Gasteiger partial charge in [-0.05, 0) is 25.2 Å². The molecule has 0 aliphatic heterocycles. The fraction of sp³-hybridized carbons (Fsp3) is 0.412. The quantitative estimate of drug-likeness (QED) is 0.936. The lowest BCUT2D eigenvalue weighted by molar-refractivity contribution is 0.354. The van der Waals surface area contributed by atoms with E-state index in [0.29, 0.717) is 0 Å². The van der Waals surface area contributed by atoms with E-state index in [0.717, 1.165) is 43.6 Å². The molecule has 0 bridgehead atoms. The first-order valence-electron chi connectivity index (χ1n) is 7.49. The molecule has 1 saturated carbocycles. The summed E-state index contributed by atoms with van der Waals surface area (Å²) < 4.78 is 2.16. The van der Waals surface area contributed by atoms with Gasteiger partial charge in [0.2, 0.25) is 0 Å². The smallest absolute Gasteiger partial charge is 0.139 e. The van der Waals surface area contributed by atoms with Gasteiger partial charge in [-0.15, -0.1) is 0 Å². The van der Waals surface area contributed by atoms with Gasteiger partial charge in [0.1, 0.15) is 11.4 Å². The molecule has 1 heterocycles. The van der Waals surface area contributed by atoms with Crippen molar-refractivity contribution in [2.75, 3.05) is 0 Å². The van der Waals surface area contributed by atoms with Gasteiger partial charge in [-0.1, -0.05) is 36.8 Å². The second-order valence-corrected chi connectivity index (χ2v) is 5.84. The van der Waals surface area contributed by atoms with E-state index in [4.69, 9.17) is 5.73 Å². The van der Waals surface area contributed by atoms with E-state index in [2.05, 4.69) is 27.8 Å². The summed E-state index contributed by atoms with van der Waals surface area (Å²) in [7, 11) is 0. The third kappa shape index (κ3) is 2.70. The molecule has 21 heavy (non-hydrogen) atoms. The lowest BCUT2D eigenvalue weighted by atomic mass is 9.87. The number of aryl methyl sites for hydroxylation is 1. The monoisotopic (exact) mass is 280 g/mol. The number of rotatable bonds is 4. The van der Waals surface area contributed by atoms with Crippen molar-refractivity contribution in [1.29, 1.82) is 5.26 Å². The highest BCUT2D eigenvalue weighted by atomic mass is 15.1. The number of hydrogen-bond donors (Lipinski definition) is 1. The standard InChI is InChI=1S/C17H20N4/c18-13-17(19)9-4-7-15(17)8-11-21-12-10-20-16(21)14-5-2-1-3-6-14/h1-3,5-6,10,12,15H,4,7-9,11,19H2. The van der Waals surface area contributed by atoms with Crippen LogP contribution in [-0.2, 0) is 6.54 Å². The van der Waals surface area contributed by atoms with Gasteiger partial charge in [-0.3, -0.25) is 0 Å². The fourth-order valence-corrected chi connectivity index (χ4v) is 3.28. The van der Waals surface area contributed by atoms with Gasteiger partial charge in [0.05, 0.1) is 6.07 Å². The highest BCUT2D eigenvalue weighted by Crippen LogP contribution is 2.36. The zero-order valence-corrected chi connectivity index (χ0v) is 12.1. The van der Waals surface area contributed by atoms with Gasteiger partial charge in [0.15, 0.2) is 0 Å². The highest BCUT2D eigenvalue weighted by Gasteiger charge is 2.39.